The first-order valence-electron chi connectivity index (χ1n) is 6.63. The second-order valence-electron chi connectivity index (χ2n) is 5.49. The van der Waals surface area contributed by atoms with Gasteiger partial charge in [-0.15, -0.1) is 0 Å². The molecule has 0 saturated carbocycles. The van der Waals surface area contributed by atoms with Gasteiger partial charge in [0.1, 0.15) is 12.2 Å². The van der Waals surface area contributed by atoms with E-state index in [0.717, 1.165) is 5.56 Å². The first-order chi connectivity index (χ1) is 9.01. The molecule has 19 heavy (non-hydrogen) atoms. The SMILES string of the molecule is CC(C)C1(O)CN(C(=O)COCc2ccccc2)C1. The maximum absolute atomic E-state index is 11.8. The average Bonchev–Trinajstić information content (AvgIpc) is 2.35. The first-order valence-corrected chi connectivity index (χ1v) is 6.63. The second-order valence-corrected chi connectivity index (χ2v) is 5.49. The van der Waals surface area contributed by atoms with E-state index < -0.39 is 5.60 Å². The van der Waals surface area contributed by atoms with Gasteiger partial charge in [0.2, 0.25) is 5.91 Å². The van der Waals surface area contributed by atoms with Crippen LogP contribution in [0.15, 0.2) is 30.3 Å². The van der Waals surface area contributed by atoms with Crippen molar-refractivity contribution in [2.75, 3.05) is 19.7 Å². The highest BCUT2D eigenvalue weighted by Crippen LogP contribution is 2.28. The molecule has 0 aliphatic carbocycles. The number of aliphatic hydroxyl groups is 1. The van der Waals surface area contributed by atoms with Crippen molar-refractivity contribution >= 4 is 5.91 Å². The molecule has 1 aromatic carbocycles. The van der Waals surface area contributed by atoms with E-state index in [9.17, 15) is 9.90 Å². The molecule has 0 radical (unpaired) electrons. The minimum Gasteiger partial charge on any atom is -0.386 e. The highest BCUT2D eigenvalue weighted by molar-refractivity contribution is 5.78. The van der Waals surface area contributed by atoms with Gasteiger partial charge in [-0.25, -0.2) is 0 Å². The fourth-order valence-electron chi connectivity index (χ4n) is 2.08. The van der Waals surface area contributed by atoms with Crippen LogP contribution >= 0.6 is 0 Å². The fourth-order valence-corrected chi connectivity index (χ4v) is 2.08. The van der Waals surface area contributed by atoms with Gasteiger partial charge in [0.05, 0.1) is 19.7 Å². The van der Waals surface area contributed by atoms with Crippen molar-refractivity contribution in [3.8, 4) is 0 Å². The molecule has 4 heteroatoms. The highest BCUT2D eigenvalue weighted by Gasteiger charge is 2.45. The van der Waals surface area contributed by atoms with Crippen LogP contribution < -0.4 is 0 Å². The highest BCUT2D eigenvalue weighted by atomic mass is 16.5. The second kappa shape index (κ2) is 5.72. The number of carbonyl (C=O) groups is 1. The quantitative estimate of drug-likeness (QED) is 0.874. The van der Waals surface area contributed by atoms with Crippen molar-refractivity contribution in [1.82, 2.24) is 4.90 Å². The lowest BCUT2D eigenvalue weighted by atomic mass is 9.83. The molecule has 1 aliphatic rings. The van der Waals surface area contributed by atoms with Gasteiger partial charge >= 0.3 is 0 Å². The number of likely N-dealkylation sites (tertiary alicyclic amines) is 1. The Morgan fingerprint density at radius 3 is 2.58 bits per heavy atom. The summed E-state index contributed by atoms with van der Waals surface area (Å²) in [4.78, 5) is 13.5. The lowest BCUT2D eigenvalue weighted by Crippen LogP contribution is -2.66. The lowest BCUT2D eigenvalue weighted by molar-refractivity contribution is -0.168. The van der Waals surface area contributed by atoms with Crippen molar-refractivity contribution < 1.29 is 14.6 Å². The summed E-state index contributed by atoms with van der Waals surface area (Å²) in [7, 11) is 0. The summed E-state index contributed by atoms with van der Waals surface area (Å²) in [5.41, 5.74) is 0.340. The van der Waals surface area contributed by atoms with E-state index >= 15 is 0 Å². The third-order valence-electron chi connectivity index (χ3n) is 3.69. The van der Waals surface area contributed by atoms with E-state index in [1.807, 2.05) is 44.2 Å². The molecule has 1 saturated heterocycles. The van der Waals surface area contributed by atoms with Crippen LogP contribution in [-0.2, 0) is 16.1 Å². The van der Waals surface area contributed by atoms with Crippen molar-refractivity contribution in [3.05, 3.63) is 35.9 Å². The monoisotopic (exact) mass is 263 g/mol. The average molecular weight is 263 g/mol. The molecule has 0 bridgehead atoms. The Labute approximate surface area is 114 Å². The van der Waals surface area contributed by atoms with Gasteiger partial charge in [-0.1, -0.05) is 44.2 Å². The Kier molecular flexibility index (Phi) is 4.22. The van der Waals surface area contributed by atoms with Gasteiger partial charge in [0.25, 0.3) is 0 Å². The molecule has 0 spiro atoms. The predicted molar refractivity (Wildman–Crippen MR) is 72.5 cm³/mol. The molecule has 1 aromatic rings. The number of carbonyl (C=O) groups excluding carboxylic acids is 1. The Morgan fingerprint density at radius 2 is 2.00 bits per heavy atom. The van der Waals surface area contributed by atoms with Crippen LogP contribution in [0, 0.1) is 5.92 Å². The molecule has 1 aliphatic heterocycles. The molecule has 2 rings (SSSR count). The summed E-state index contributed by atoms with van der Waals surface area (Å²) in [6, 6.07) is 9.76. The van der Waals surface area contributed by atoms with Crippen LogP contribution in [0.3, 0.4) is 0 Å². The van der Waals surface area contributed by atoms with Gasteiger partial charge < -0.3 is 14.7 Å². The Balaban J connectivity index is 1.69. The van der Waals surface area contributed by atoms with Crippen LogP contribution in [0.2, 0.25) is 0 Å². The summed E-state index contributed by atoms with van der Waals surface area (Å²) in [5.74, 6) is 0.114. The van der Waals surface area contributed by atoms with E-state index in [1.165, 1.54) is 0 Å². The minimum atomic E-state index is -0.713. The lowest BCUT2D eigenvalue weighted by Gasteiger charge is -2.48. The number of hydrogen-bond acceptors (Lipinski definition) is 3. The molecule has 1 N–H and O–H groups in total. The summed E-state index contributed by atoms with van der Waals surface area (Å²) < 4.78 is 5.39. The van der Waals surface area contributed by atoms with E-state index in [0.29, 0.717) is 19.7 Å². The molecule has 4 nitrogen and oxygen atoms in total. The number of amides is 1. The zero-order valence-corrected chi connectivity index (χ0v) is 11.5. The zero-order chi connectivity index (χ0) is 13.9. The molecule has 1 amide bonds. The maximum atomic E-state index is 11.8. The van der Waals surface area contributed by atoms with E-state index in [-0.39, 0.29) is 18.4 Å². The molecule has 0 unspecified atom stereocenters. The number of rotatable bonds is 5. The van der Waals surface area contributed by atoms with Gasteiger partial charge in [-0.05, 0) is 11.5 Å². The molecule has 104 valence electrons. The summed E-state index contributed by atoms with van der Waals surface area (Å²) in [6.45, 7) is 5.27. The molecule has 1 fully saturated rings. The number of benzene rings is 1. The maximum Gasteiger partial charge on any atom is 0.248 e. The normalized spacial score (nSPS) is 17.4. The van der Waals surface area contributed by atoms with E-state index in [1.54, 1.807) is 4.90 Å². The topological polar surface area (TPSA) is 49.8 Å². The number of nitrogens with zero attached hydrogens (tertiary/aromatic N) is 1. The summed E-state index contributed by atoms with van der Waals surface area (Å²) >= 11 is 0. The van der Waals surface area contributed by atoms with Gasteiger partial charge in [-0.3, -0.25) is 4.79 Å². The third-order valence-corrected chi connectivity index (χ3v) is 3.69. The minimum absolute atomic E-state index is 0.0544. The summed E-state index contributed by atoms with van der Waals surface area (Å²) in [6.07, 6.45) is 0. The van der Waals surface area contributed by atoms with Crippen LogP contribution in [0.25, 0.3) is 0 Å². The predicted octanol–water partition coefficient (Wildman–Crippen LogP) is 1.43. The van der Waals surface area contributed by atoms with Crippen LogP contribution in [-0.4, -0.2) is 41.2 Å². The number of ether oxygens (including phenoxy) is 1. The summed E-state index contributed by atoms with van der Waals surface area (Å²) in [5, 5.41) is 10.1. The smallest absolute Gasteiger partial charge is 0.248 e. The number of hydrogen-bond donors (Lipinski definition) is 1. The third kappa shape index (κ3) is 3.33. The molecular weight excluding hydrogens is 242 g/mol. The standard InChI is InChI=1S/C15H21NO3/c1-12(2)15(18)10-16(11-15)14(17)9-19-8-13-6-4-3-5-7-13/h3-7,12,18H,8-11H2,1-2H3. The fraction of sp³-hybridized carbons (Fsp3) is 0.533. The van der Waals surface area contributed by atoms with Gasteiger partial charge in [0.15, 0.2) is 0 Å². The zero-order valence-electron chi connectivity index (χ0n) is 11.5. The Bertz CT molecular complexity index is 424. The van der Waals surface area contributed by atoms with Crippen molar-refractivity contribution in [2.24, 2.45) is 5.92 Å². The number of β-amino-alcohol motifs (C(OH)–C–C–N with tert-alkyl or cyclic N) is 1. The van der Waals surface area contributed by atoms with Crippen LogP contribution in [0.4, 0.5) is 0 Å². The molecular formula is C15H21NO3. The van der Waals surface area contributed by atoms with E-state index in [4.69, 9.17) is 4.74 Å². The van der Waals surface area contributed by atoms with Gasteiger partial charge in [-0.2, -0.15) is 0 Å². The van der Waals surface area contributed by atoms with Crippen LogP contribution in [0.5, 0.6) is 0 Å². The molecule has 0 atom stereocenters. The molecule has 0 aromatic heterocycles. The first kappa shape index (κ1) is 14.0. The molecule has 1 heterocycles. The van der Waals surface area contributed by atoms with Crippen molar-refractivity contribution in [3.63, 3.8) is 0 Å². The van der Waals surface area contributed by atoms with Crippen molar-refractivity contribution in [2.45, 2.75) is 26.1 Å². The Morgan fingerprint density at radius 1 is 1.37 bits per heavy atom. The van der Waals surface area contributed by atoms with E-state index in [2.05, 4.69) is 0 Å². The Hall–Kier alpha value is -1.39. The largest absolute Gasteiger partial charge is 0.386 e. The van der Waals surface area contributed by atoms with Crippen molar-refractivity contribution in [1.29, 1.82) is 0 Å². The van der Waals surface area contributed by atoms with Crippen LogP contribution in [0.1, 0.15) is 19.4 Å². The van der Waals surface area contributed by atoms with Gasteiger partial charge in [0, 0.05) is 0 Å².